The van der Waals surface area contributed by atoms with E-state index in [1.165, 1.54) is 11.1 Å². The third-order valence-electron chi connectivity index (χ3n) is 3.07. The number of rotatable bonds is 2. The summed E-state index contributed by atoms with van der Waals surface area (Å²) in [5, 5.41) is 4.32. The molecular weight excluding hydrogens is 248 g/mol. The number of nitrogens with one attached hydrogen (secondary N) is 1. The van der Waals surface area contributed by atoms with Gasteiger partial charge in [-0.1, -0.05) is 31.2 Å². The number of thioether (sulfide) groups is 1. The fourth-order valence-electron chi connectivity index (χ4n) is 2.18. The van der Waals surface area contributed by atoms with Crippen molar-refractivity contribution in [2.24, 2.45) is 0 Å². The van der Waals surface area contributed by atoms with Gasteiger partial charge in [-0.3, -0.25) is 0 Å². The number of hydrogen-bond donors (Lipinski definition) is 1. The van der Waals surface area contributed by atoms with Crippen LogP contribution in [0.1, 0.15) is 23.4 Å². The maximum Gasteiger partial charge on any atom is 0.169 e. The number of thiocarbonyl (C=S) groups is 1. The van der Waals surface area contributed by atoms with Crippen LogP contribution in [0.15, 0.2) is 24.3 Å². The van der Waals surface area contributed by atoms with Gasteiger partial charge in [-0.25, -0.2) is 0 Å². The van der Waals surface area contributed by atoms with Crippen molar-refractivity contribution < 1.29 is 0 Å². The van der Waals surface area contributed by atoms with Crippen LogP contribution in [0, 0.1) is 0 Å². The molecule has 2 nitrogen and oxygen atoms in total. The largest absolute Gasteiger partial charge is 0.366 e. The molecule has 0 amide bonds. The lowest BCUT2D eigenvalue weighted by atomic mass is 10.0. The molecule has 0 radical (unpaired) electrons. The molecule has 1 fully saturated rings. The quantitative estimate of drug-likeness (QED) is 0.828. The second-order valence-electron chi connectivity index (χ2n) is 4.02. The highest BCUT2D eigenvalue weighted by Gasteiger charge is 2.29. The Hall–Kier alpha value is -0.740. The Morgan fingerprint density at radius 1 is 1.53 bits per heavy atom. The maximum absolute atomic E-state index is 5.37. The fourth-order valence-corrected chi connectivity index (χ4v) is 3.77. The van der Waals surface area contributed by atoms with Crippen molar-refractivity contribution in [2.45, 2.75) is 18.7 Å². The lowest BCUT2D eigenvalue weighted by Crippen LogP contribution is -2.37. The molecule has 1 aromatic rings. The van der Waals surface area contributed by atoms with E-state index in [4.69, 9.17) is 12.2 Å². The minimum atomic E-state index is 0.381. The van der Waals surface area contributed by atoms with Crippen molar-refractivity contribution in [3.8, 4) is 0 Å². The Balaban J connectivity index is 2.29. The first kappa shape index (κ1) is 12.7. The van der Waals surface area contributed by atoms with Crippen LogP contribution in [0.25, 0.3) is 0 Å². The topological polar surface area (TPSA) is 15.3 Å². The standard InChI is InChI=1S/C13H18N2S2/c1-3-10-6-4-5-7-11(10)12-15(8-9-17-12)13(16)14-2/h4-7,12H,3,8-9H2,1-2H3,(H,14,16). The van der Waals surface area contributed by atoms with E-state index in [1.807, 2.05) is 18.8 Å². The van der Waals surface area contributed by atoms with Gasteiger partial charge < -0.3 is 10.2 Å². The number of hydrogen-bond acceptors (Lipinski definition) is 2. The summed E-state index contributed by atoms with van der Waals surface area (Å²) in [5.74, 6) is 1.14. The van der Waals surface area contributed by atoms with Gasteiger partial charge in [0.1, 0.15) is 5.37 Å². The van der Waals surface area contributed by atoms with Crippen LogP contribution in [0.4, 0.5) is 0 Å². The van der Waals surface area contributed by atoms with Crippen LogP contribution in [0.2, 0.25) is 0 Å². The summed E-state index contributed by atoms with van der Waals surface area (Å²) in [6.45, 7) is 3.24. The molecule has 1 aliphatic rings. The first-order valence-electron chi connectivity index (χ1n) is 5.95. The highest BCUT2D eigenvalue weighted by molar-refractivity contribution is 7.99. The van der Waals surface area contributed by atoms with Crippen LogP contribution in [-0.4, -0.2) is 29.4 Å². The zero-order valence-electron chi connectivity index (χ0n) is 10.3. The molecule has 4 heteroatoms. The van der Waals surface area contributed by atoms with Gasteiger partial charge in [-0.2, -0.15) is 0 Å². The van der Waals surface area contributed by atoms with Crippen molar-refractivity contribution >= 4 is 29.1 Å². The van der Waals surface area contributed by atoms with E-state index < -0.39 is 0 Å². The summed E-state index contributed by atoms with van der Waals surface area (Å²) in [4.78, 5) is 2.29. The van der Waals surface area contributed by atoms with Crippen LogP contribution in [-0.2, 0) is 6.42 Å². The Morgan fingerprint density at radius 3 is 3.00 bits per heavy atom. The molecule has 0 spiro atoms. The summed E-state index contributed by atoms with van der Waals surface area (Å²) in [5.41, 5.74) is 2.84. The number of nitrogens with zero attached hydrogens (tertiary/aromatic N) is 1. The van der Waals surface area contributed by atoms with Gasteiger partial charge in [-0.05, 0) is 29.8 Å². The lowest BCUT2D eigenvalue weighted by molar-refractivity contribution is 0.444. The third-order valence-corrected chi connectivity index (χ3v) is 4.75. The molecule has 1 N–H and O–H groups in total. The Bertz CT molecular complexity index is 406. The molecule has 0 aromatic heterocycles. The summed E-state index contributed by atoms with van der Waals surface area (Å²) in [7, 11) is 1.90. The molecule has 1 saturated heterocycles. The second kappa shape index (κ2) is 5.74. The smallest absolute Gasteiger partial charge is 0.169 e. The SMILES string of the molecule is CCc1ccccc1C1SCCN1C(=S)NC. The van der Waals surface area contributed by atoms with E-state index >= 15 is 0 Å². The molecular formula is C13H18N2S2. The van der Waals surface area contributed by atoms with Gasteiger partial charge in [0.15, 0.2) is 5.11 Å². The molecule has 1 aliphatic heterocycles. The second-order valence-corrected chi connectivity index (χ2v) is 5.60. The molecule has 2 rings (SSSR count). The summed E-state index contributed by atoms with van der Waals surface area (Å²) in [6.07, 6.45) is 1.08. The average molecular weight is 266 g/mol. The van der Waals surface area contributed by atoms with Crippen molar-refractivity contribution in [1.29, 1.82) is 0 Å². The van der Waals surface area contributed by atoms with E-state index in [-0.39, 0.29) is 0 Å². The normalized spacial score (nSPS) is 19.4. The maximum atomic E-state index is 5.37. The molecule has 1 heterocycles. The Kier molecular flexibility index (Phi) is 4.29. The molecule has 1 aromatic carbocycles. The van der Waals surface area contributed by atoms with Gasteiger partial charge >= 0.3 is 0 Å². The number of benzene rings is 1. The highest BCUT2D eigenvalue weighted by Crippen LogP contribution is 2.39. The van der Waals surface area contributed by atoms with E-state index in [0.29, 0.717) is 5.37 Å². The Morgan fingerprint density at radius 2 is 2.29 bits per heavy atom. The van der Waals surface area contributed by atoms with E-state index in [0.717, 1.165) is 23.8 Å². The van der Waals surface area contributed by atoms with Crippen LogP contribution in [0.5, 0.6) is 0 Å². The summed E-state index contributed by atoms with van der Waals surface area (Å²) in [6, 6.07) is 8.68. The van der Waals surface area contributed by atoms with Crippen LogP contribution >= 0.6 is 24.0 Å². The van der Waals surface area contributed by atoms with Gasteiger partial charge in [-0.15, -0.1) is 11.8 Å². The molecule has 1 unspecified atom stereocenters. The molecule has 17 heavy (non-hydrogen) atoms. The minimum Gasteiger partial charge on any atom is -0.366 e. The van der Waals surface area contributed by atoms with Gasteiger partial charge in [0.2, 0.25) is 0 Å². The zero-order valence-corrected chi connectivity index (χ0v) is 11.9. The fraction of sp³-hybridized carbons (Fsp3) is 0.462. The highest BCUT2D eigenvalue weighted by atomic mass is 32.2. The van der Waals surface area contributed by atoms with Gasteiger partial charge in [0.05, 0.1) is 0 Å². The molecule has 0 aliphatic carbocycles. The van der Waals surface area contributed by atoms with Gasteiger partial charge in [0, 0.05) is 19.3 Å². The predicted molar refractivity (Wildman–Crippen MR) is 79.4 cm³/mol. The van der Waals surface area contributed by atoms with Crippen molar-refractivity contribution in [1.82, 2.24) is 10.2 Å². The van der Waals surface area contributed by atoms with E-state index in [9.17, 15) is 0 Å². The first-order valence-corrected chi connectivity index (χ1v) is 7.41. The van der Waals surface area contributed by atoms with E-state index in [1.54, 1.807) is 0 Å². The van der Waals surface area contributed by atoms with Crippen LogP contribution in [0.3, 0.4) is 0 Å². The predicted octanol–water partition coefficient (Wildman–Crippen LogP) is 2.80. The van der Waals surface area contributed by atoms with Gasteiger partial charge in [0.25, 0.3) is 0 Å². The molecule has 92 valence electrons. The third kappa shape index (κ3) is 2.58. The molecule has 0 bridgehead atoms. The molecule has 1 atom stereocenters. The van der Waals surface area contributed by atoms with Crippen molar-refractivity contribution in [2.75, 3.05) is 19.3 Å². The minimum absolute atomic E-state index is 0.381. The summed E-state index contributed by atoms with van der Waals surface area (Å²) < 4.78 is 0. The monoisotopic (exact) mass is 266 g/mol. The number of aryl methyl sites for hydroxylation is 1. The molecule has 0 saturated carbocycles. The lowest BCUT2D eigenvalue weighted by Gasteiger charge is -2.27. The van der Waals surface area contributed by atoms with Crippen LogP contribution < -0.4 is 5.32 Å². The average Bonchev–Trinajstić information content (AvgIpc) is 2.86. The van der Waals surface area contributed by atoms with Crippen molar-refractivity contribution in [3.63, 3.8) is 0 Å². The summed E-state index contributed by atoms with van der Waals surface area (Å²) >= 11 is 7.35. The Labute approximate surface area is 113 Å². The van der Waals surface area contributed by atoms with Crippen molar-refractivity contribution in [3.05, 3.63) is 35.4 Å². The first-order chi connectivity index (χ1) is 8.27. The zero-order chi connectivity index (χ0) is 12.3. The van der Waals surface area contributed by atoms with E-state index in [2.05, 4.69) is 41.4 Å².